The van der Waals surface area contributed by atoms with Crippen LogP contribution in [0, 0.1) is 0 Å². The highest BCUT2D eigenvalue weighted by Gasteiger charge is 2.44. The molecule has 0 radical (unpaired) electrons. The van der Waals surface area contributed by atoms with Crippen LogP contribution in [0.2, 0.25) is 0 Å². The number of Topliss-reactive ketones (excluding diaryl/α,β-unsaturated/α-hetero) is 1. The zero-order chi connectivity index (χ0) is 29.4. The maximum atomic E-state index is 14.4. The molecule has 1 aliphatic heterocycles. The Balaban J connectivity index is 1.32. The minimum atomic E-state index is -0.210. The summed E-state index contributed by atoms with van der Waals surface area (Å²) in [4.78, 5) is 14.4. The van der Waals surface area contributed by atoms with E-state index in [1.54, 1.807) is 0 Å². The Bertz CT molecular complexity index is 2390. The summed E-state index contributed by atoms with van der Waals surface area (Å²) < 4.78 is 12.6. The molecule has 206 valence electrons. The van der Waals surface area contributed by atoms with Crippen LogP contribution in [0.5, 0.6) is 0 Å². The van der Waals surface area contributed by atoms with Gasteiger partial charge in [0.15, 0.2) is 0 Å². The number of ketones is 1. The van der Waals surface area contributed by atoms with E-state index in [-0.39, 0.29) is 11.5 Å². The van der Waals surface area contributed by atoms with Gasteiger partial charge in [0, 0.05) is 33.7 Å². The highest BCUT2D eigenvalue weighted by molar-refractivity contribution is 6.45. The highest BCUT2D eigenvalue weighted by atomic mass is 16.3. The molecule has 0 unspecified atom stereocenters. The van der Waals surface area contributed by atoms with Crippen LogP contribution in [-0.4, -0.2) is 10.9 Å². The topological polar surface area (TPSA) is 61.7 Å². The van der Waals surface area contributed by atoms with Gasteiger partial charge in [0.2, 0.25) is 5.78 Å². The summed E-state index contributed by atoms with van der Waals surface area (Å²) in [5.41, 5.74) is 8.59. The van der Waals surface area contributed by atoms with Gasteiger partial charge in [-0.15, -0.1) is 0 Å². The van der Waals surface area contributed by atoms with Crippen molar-refractivity contribution in [1.29, 1.82) is 0 Å². The zero-order valence-electron chi connectivity index (χ0n) is 23.4. The van der Waals surface area contributed by atoms with Crippen molar-refractivity contribution in [3.63, 3.8) is 0 Å². The van der Waals surface area contributed by atoms with Gasteiger partial charge in [-0.1, -0.05) is 91.0 Å². The fourth-order valence-electron chi connectivity index (χ4n) is 6.58. The third-order valence-electron chi connectivity index (χ3n) is 8.63. The average molecular weight is 568 g/mol. The lowest BCUT2D eigenvalue weighted by Crippen LogP contribution is -2.23. The summed E-state index contributed by atoms with van der Waals surface area (Å²) in [7, 11) is 0. The molecule has 4 nitrogen and oxygen atoms in total. The van der Waals surface area contributed by atoms with E-state index in [9.17, 15) is 9.90 Å². The van der Waals surface area contributed by atoms with Gasteiger partial charge in [-0.25, -0.2) is 4.42 Å². The average Bonchev–Trinajstić information content (AvgIpc) is 3.61. The van der Waals surface area contributed by atoms with Gasteiger partial charge in [-0.3, -0.25) is 4.79 Å². The first-order chi connectivity index (χ1) is 21.7. The number of aliphatic hydroxyl groups excluding tert-OH is 1. The first-order valence-corrected chi connectivity index (χ1v) is 14.5. The molecular formula is C40H23O4+. The number of rotatable bonds is 3. The van der Waals surface area contributed by atoms with Crippen molar-refractivity contribution in [2.45, 2.75) is 0 Å². The predicted octanol–water partition coefficient (Wildman–Crippen LogP) is 10.1. The molecule has 0 atom stereocenters. The molecule has 0 amide bonds. The highest BCUT2D eigenvalue weighted by Crippen LogP contribution is 2.53. The number of fused-ring (bicyclic) bond motifs is 4. The molecule has 44 heavy (non-hydrogen) atoms. The van der Waals surface area contributed by atoms with E-state index < -0.39 is 0 Å². The summed E-state index contributed by atoms with van der Waals surface area (Å²) in [6.07, 6.45) is 1.97. The zero-order valence-corrected chi connectivity index (χ0v) is 23.4. The molecule has 4 aliphatic rings. The van der Waals surface area contributed by atoms with Gasteiger partial charge in [-0.05, 0) is 47.0 Å². The van der Waals surface area contributed by atoms with Crippen LogP contribution >= 0.6 is 0 Å². The van der Waals surface area contributed by atoms with Gasteiger partial charge in [0.05, 0.1) is 28.2 Å². The second-order valence-electron chi connectivity index (χ2n) is 11.2. The molecule has 0 fully saturated rings. The van der Waals surface area contributed by atoms with Crippen molar-refractivity contribution in [1.82, 2.24) is 0 Å². The number of carbonyl (C=O) groups is 1. The molecule has 2 heterocycles. The summed E-state index contributed by atoms with van der Waals surface area (Å²) in [6, 6.07) is 41.5. The van der Waals surface area contributed by atoms with E-state index in [1.807, 2.05) is 133 Å². The van der Waals surface area contributed by atoms with E-state index in [2.05, 4.69) is 0 Å². The maximum Gasteiger partial charge on any atom is 0.362 e. The number of allylic oxidation sites excluding steroid dienone is 4. The Morgan fingerprint density at radius 1 is 0.591 bits per heavy atom. The quantitative estimate of drug-likeness (QED) is 0.170. The van der Waals surface area contributed by atoms with E-state index in [4.69, 9.17) is 8.83 Å². The van der Waals surface area contributed by atoms with Gasteiger partial charge in [0.25, 0.3) is 0 Å². The lowest BCUT2D eigenvalue weighted by Gasteiger charge is -2.26. The Labute approximate surface area is 252 Å². The Morgan fingerprint density at radius 3 is 2.02 bits per heavy atom. The lowest BCUT2D eigenvalue weighted by atomic mass is 9.76. The van der Waals surface area contributed by atoms with Crippen molar-refractivity contribution in [2.75, 3.05) is 0 Å². The minimum Gasteiger partial charge on any atom is -0.506 e. The molecule has 3 aliphatic carbocycles. The van der Waals surface area contributed by atoms with E-state index in [1.165, 1.54) is 0 Å². The number of aliphatic hydroxyl groups is 1. The molecule has 0 bridgehead atoms. The van der Waals surface area contributed by atoms with E-state index >= 15 is 0 Å². The van der Waals surface area contributed by atoms with Crippen molar-refractivity contribution in [3.8, 4) is 22.5 Å². The predicted molar refractivity (Wildman–Crippen MR) is 175 cm³/mol. The van der Waals surface area contributed by atoms with Crippen molar-refractivity contribution < 1.29 is 18.7 Å². The molecular weight excluding hydrogens is 544 g/mol. The Kier molecular flexibility index (Phi) is 5.17. The van der Waals surface area contributed by atoms with Gasteiger partial charge < -0.3 is 9.52 Å². The van der Waals surface area contributed by atoms with Crippen LogP contribution in [0.25, 0.3) is 67.2 Å². The first-order valence-electron chi connectivity index (χ1n) is 14.5. The molecule has 1 aromatic heterocycles. The van der Waals surface area contributed by atoms with Gasteiger partial charge in [0.1, 0.15) is 17.1 Å². The summed E-state index contributed by atoms with van der Waals surface area (Å²) in [5, 5.41) is 13.8. The number of hydrogen-bond acceptors (Lipinski definition) is 3. The molecule has 0 saturated heterocycles. The molecule has 4 aromatic carbocycles. The fourth-order valence-corrected chi connectivity index (χ4v) is 6.58. The molecule has 9 rings (SSSR count). The second kappa shape index (κ2) is 9.25. The third-order valence-corrected chi connectivity index (χ3v) is 8.63. The molecule has 1 N–H and O–H groups in total. The smallest absolute Gasteiger partial charge is 0.362 e. The third kappa shape index (κ3) is 3.52. The summed E-state index contributed by atoms with van der Waals surface area (Å²) in [5.74, 6) is 1.09. The second-order valence-corrected chi connectivity index (χ2v) is 11.2. The van der Waals surface area contributed by atoms with Crippen LogP contribution in [0.15, 0.2) is 148 Å². The summed E-state index contributed by atoms with van der Waals surface area (Å²) in [6.45, 7) is 0. The Hall–Kier alpha value is -6.00. The number of benzene rings is 4. The van der Waals surface area contributed by atoms with E-state index in [0.29, 0.717) is 33.8 Å². The Morgan fingerprint density at radius 2 is 1.25 bits per heavy atom. The first kappa shape index (κ1) is 24.6. The van der Waals surface area contributed by atoms with Crippen molar-refractivity contribution >= 4 is 50.5 Å². The molecule has 4 heteroatoms. The summed E-state index contributed by atoms with van der Waals surface area (Å²) >= 11 is 0. The van der Waals surface area contributed by atoms with Gasteiger partial charge in [-0.2, -0.15) is 0 Å². The van der Waals surface area contributed by atoms with Crippen molar-refractivity contribution in [3.05, 3.63) is 161 Å². The standard InChI is InChI=1S/C40H22O4/c41-39-37(35-27(23-11-3-1-4-12-23)21-33-29(35)19-25-15-7-9-17-31(25)43-33)40(42)38(39)36-28(24-13-5-2-6-14-24)22-34-30(36)20-26-16-8-10-18-32(26)44-34/h1-22H/p+1. The lowest BCUT2D eigenvalue weighted by molar-refractivity contribution is -0.111. The van der Waals surface area contributed by atoms with Crippen LogP contribution in [0.3, 0.4) is 0 Å². The maximum absolute atomic E-state index is 14.4. The largest absolute Gasteiger partial charge is 0.506 e. The van der Waals surface area contributed by atoms with Crippen LogP contribution in [0.1, 0.15) is 22.5 Å². The van der Waals surface area contributed by atoms with Crippen LogP contribution in [-0.2, 0) is 4.79 Å². The van der Waals surface area contributed by atoms with E-state index in [0.717, 1.165) is 55.3 Å². The van der Waals surface area contributed by atoms with Crippen LogP contribution in [0.4, 0.5) is 0 Å². The normalized spacial score (nSPS) is 16.1. The minimum absolute atomic E-state index is 0.0225. The van der Waals surface area contributed by atoms with Gasteiger partial charge >= 0.3 is 11.3 Å². The van der Waals surface area contributed by atoms with Crippen LogP contribution < -0.4 is 0 Å². The molecule has 0 saturated carbocycles. The monoisotopic (exact) mass is 567 g/mol. The molecule has 0 spiro atoms. The number of hydrogen-bond donors (Lipinski definition) is 1. The number of para-hydroxylation sites is 2. The van der Waals surface area contributed by atoms with Crippen molar-refractivity contribution in [2.24, 2.45) is 0 Å². The SMILES string of the molecule is O=C1C(=C2C(c3ccccc3)=Cc3[o+]c4ccccc4cc32)C(O)=C1c1c(-c2ccccc2)cc2oc3ccccc3cc1-2. The number of carbonyl (C=O) groups excluding carboxylic acids is 1. The fraction of sp³-hybridized carbons (Fsp3) is 0. The molecule has 5 aromatic rings.